The maximum atomic E-state index is 12.6. The summed E-state index contributed by atoms with van der Waals surface area (Å²) in [5.74, 6) is 1.64. The fourth-order valence-electron chi connectivity index (χ4n) is 2.84. The van der Waals surface area contributed by atoms with Gasteiger partial charge in [0, 0.05) is 19.6 Å². The maximum absolute atomic E-state index is 12.6. The minimum atomic E-state index is 0.0758. The van der Waals surface area contributed by atoms with Crippen LogP contribution in [0.2, 0.25) is 0 Å². The Kier molecular flexibility index (Phi) is 6.03. The van der Waals surface area contributed by atoms with Crippen molar-refractivity contribution in [3.63, 3.8) is 0 Å². The normalized spacial score (nSPS) is 19.1. The molecule has 4 nitrogen and oxygen atoms in total. The van der Waals surface area contributed by atoms with Gasteiger partial charge in [-0.3, -0.25) is 4.79 Å². The highest BCUT2D eigenvalue weighted by molar-refractivity contribution is 5.92. The largest absolute Gasteiger partial charge is 0.370 e. The van der Waals surface area contributed by atoms with E-state index in [2.05, 4.69) is 24.1 Å². The van der Waals surface area contributed by atoms with Crippen molar-refractivity contribution in [2.24, 2.45) is 5.92 Å². The van der Waals surface area contributed by atoms with Crippen LogP contribution in [-0.4, -0.2) is 35.4 Å². The van der Waals surface area contributed by atoms with Gasteiger partial charge in [-0.15, -0.1) is 0 Å². The van der Waals surface area contributed by atoms with Crippen LogP contribution < -0.4 is 5.32 Å². The van der Waals surface area contributed by atoms with Crippen LogP contribution in [0.15, 0.2) is 18.2 Å². The van der Waals surface area contributed by atoms with Gasteiger partial charge in [0.1, 0.15) is 11.5 Å². The van der Waals surface area contributed by atoms with Crippen molar-refractivity contribution in [1.82, 2.24) is 9.88 Å². The molecule has 4 heteroatoms. The Hall–Kier alpha value is -1.58. The number of amides is 1. The van der Waals surface area contributed by atoms with Gasteiger partial charge >= 0.3 is 0 Å². The van der Waals surface area contributed by atoms with Crippen LogP contribution in [0, 0.1) is 5.92 Å². The zero-order valence-electron chi connectivity index (χ0n) is 13.3. The summed E-state index contributed by atoms with van der Waals surface area (Å²) in [5, 5.41) is 3.24. The zero-order chi connectivity index (χ0) is 15.1. The first-order valence-corrected chi connectivity index (χ1v) is 8.24. The average Bonchev–Trinajstić information content (AvgIpc) is 2.78. The monoisotopic (exact) mass is 289 g/mol. The molecule has 1 N–H and O–H groups in total. The molecule has 1 saturated heterocycles. The lowest BCUT2D eigenvalue weighted by atomic mass is 9.98. The summed E-state index contributed by atoms with van der Waals surface area (Å²) in [4.78, 5) is 19.0. The van der Waals surface area contributed by atoms with Gasteiger partial charge in [-0.05, 0) is 43.7 Å². The highest BCUT2D eigenvalue weighted by atomic mass is 16.2. The van der Waals surface area contributed by atoms with E-state index >= 15 is 0 Å². The van der Waals surface area contributed by atoms with Crippen molar-refractivity contribution in [1.29, 1.82) is 0 Å². The van der Waals surface area contributed by atoms with E-state index in [-0.39, 0.29) is 5.91 Å². The van der Waals surface area contributed by atoms with Crippen LogP contribution in [0.3, 0.4) is 0 Å². The van der Waals surface area contributed by atoms with E-state index in [0.29, 0.717) is 5.69 Å². The molecule has 0 saturated carbocycles. The van der Waals surface area contributed by atoms with Gasteiger partial charge in [0.25, 0.3) is 5.91 Å². The number of pyridine rings is 1. The van der Waals surface area contributed by atoms with Gasteiger partial charge in [0.2, 0.25) is 0 Å². The molecule has 1 aliphatic heterocycles. The van der Waals surface area contributed by atoms with Crippen LogP contribution in [0.5, 0.6) is 0 Å². The molecule has 0 bridgehead atoms. The van der Waals surface area contributed by atoms with Crippen molar-refractivity contribution in [3.05, 3.63) is 23.9 Å². The summed E-state index contributed by atoms with van der Waals surface area (Å²) in [7, 11) is 0. The molecule has 2 heterocycles. The molecule has 1 unspecified atom stereocenters. The van der Waals surface area contributed by atoms with Crippen molar-refractivity contribution >= 4 is 11.7 Å². The van der Waals surface area contributed by atoms with Gasteiger partial charge in [-0.25, -0.2) is 4.98 Å². The third-order valence-corrected chi connectivity index (χ3v) is 4.24. The number of nitrogens with zero attached hydrogens (tertiary/aromatic N) is 2. The molecule has 0 spiro atoms. The zero-order valence-corrected chi connectivity index (χ0v) is 13.3. The van der Waals surface area contributed by atoms with Gasteiger partial charge in [-0.2, -0.15) is 0 Å². The Labute approximate surface area is 127 Å². The number of likely N-dealkylation sites (tertiary alicyclic amines) is 1. The molecule has 1 aromatic heterocycles. The van der Waals surface area contributed by atoms with E-state index in [0.717, 1.165) is 50.6 Å². The molecule has 0 radical (unpaired) electrons. The number of hydrogen-bond donors (Lipinski definition) is 1. The summed E-state index contributed by atoms with van der Waals surface area (Å²) < 4.78 is 0. The molecule has 2 rings (SSSR count). The smallest absolute Gasteiger partial charge is 0.272 e. The average molecular weight is 289 g/mol. The van der Waals surface area contributed by atoms with Crippen LogP contribution in [0.4, 0.5) is 5.82 Å². The number of aromatic nitrogens is 1. The van der Waals surface area contributed by atoms with Crippen LogP contribution in [-0.2, 0) is 0 Å². The molecule has 21 heavy (non-hydrogen) atoms. The number of carbonyl (C=O) groups is 1. The third kappa shape index (κ3) is 4.45. The topological polar surface area (TPSA) is 45.2 Å². The Bertz CT molecular complexity index is 461. The molecule has 116 valence electrons. The maximum Gasteiger partial charge on any atom is 0.272 e. The minimum absolute atomic E-state index is 0.0758. The van der Waals surface area contributed by atoms with Crippen molar-refractivity contribution in [3.8, 4) is 0 Å². The molecule has 0 aliphatic carbocycles. The number of rotatable bonds is 5. The summed E-state index contributed by atoms with van der Waals surface area (Å²) >= 11 is 0. The van der Waals surface area contributed by atoms with E-state index in [1.165, 1.54) is 12.8 Å². The Morgan fingerprint density at radius 2 is 2.19 bits per heavy atom. The van der Waals surface area contributed by atoms with Gasteiger partial charge < -0.3 is 10.2 Å². The molecular weight excluding hydrogens is 262 g/mol. The summed E-state index contributed by atoms with van der Waals surface area (Å²) in [5.41, 5.74) is 0.561. The second-order valence-corrected chi connectivity index (χ2v) is 5.83. The Morgan fingerprint density at radius 1 is 1.33 bits per heavy atom. The molecule has 1 fully saturated rings. The highest BCUT2D eigenvalue weighted by Crippen LogP contribution is 2.21. The number of carbonyl (C=O) groups excluding carboxylic acids is 1. The highest BCUT2D eigenvalue weighted by Gasteiger charge is 2.21. The summed E-state index contributed by atoms with van der Waals surface area (Å²) in [6.45, 7) is 6.97. The molecule has 1 amide bonds. The van der Waals surface area contributed by atoms with Crippen LogP contribution in [0.25, 0.3) is 0 Å². The standard InChI is InChI=1S/C17H27N3O/c1-3-11-18-16-9-5-8-15(19-16)17(21)20-12-6-7-14(4-2)10-13-20/h5,8-9,14H,3-4,6-7,10-13H2,1-2H3,(H,18,19). The number of anilines is 1. The lowest BCUT2D eigenvalue weighted by molar-refractivity contribution is 0.0754. The molecule has 1 aromatic rings. The van der Waals surface area contributed by atoms with Crippen LogP contribution in [0.1, 0.15) is 56.4 Å². The quantitative estimate of drug-likeness (QED) is 0.901. The van der Waals surface area contributed by atoms with E-state index in [1.54, 1.807) is 0 Å². The van der Waals surface area contributed by atoms with E-state index in [1.807, 2.05) is 23.1 Å². The molecule has 0 aromatic carbocycles. The fraction of sp³-hybridized carbons (Fsp3) is 0.647. The van der Waals surface area contributed by atoms with E-state index in [4.69, 9.17) is 0 Å². The predicted octanol–water partition coefficient (Wildman–Crippen LogP) is 3.56. The fourth-order valence-corrected chi connectivity index (χ4v) is 2.84. The van der Waals surface area contributed by atoms with Gasteiger partial charge in [0.05, 0.1) is 0 Å². The first-order chi connectivity index (χ1) is 10.2. The first-order valence-electron chi connectivity index (χ1n) is 8.24. The SMILES string of the molecule is CCCNc1cccc(C(=O)N2CCCC(CC)CC2)n1. The molecule has 1 atom stereocenters. The first kappa shape index (κ1) is 15.8. The number of hydrogen-bond acceptors (Lipinski definition) is 3. The summed E-state index contributed by atoms with van der Waals surface area (Å²) in [6, 6.07) is 5.65. The molecular formula is C17H27N3O. The van der Waals surface area contributed by atoms with Gasteiger partial charge in [0.15, 0.2) is 0 Å². The van der Waals surface area contributed by atoms with Crippen molar-refractivity contribution in [2.75, 3.05) is 25.0 Å². The van der Waals surface area contributed by atoms with Crippen molar-refractivity contribution in [2.45, 2.75) is 46.0 Å². The molecule has 1 aliphatic rings. The van der Waals surface area contributed by atoms with E-state index < -0.39 is 0 Å². The Balaban J connectivity index is 2.01. The second kappa shape index (κ2) is 8.01. The second-order valence-electron chi connectivity index (χ2n) is 5.83. The van der Waals surface area contributed by atoms with E-state index in [9.17, 15) is 4.79 Å². The lowest BCUT2D eigenvalue weighted by Gasteiger charge is -2.20. The van der Waals surface area contributed by atoms with Gasteiger partial charge in [-0.1, -0.05) is 26.3 Å². The predicted molar refractivity (Wildman–Crippen MR) is 86.6 cm³/mol. The van der Waals surface area contributed by atoms with Crippen LogP contribution >= 0.6 is 0 Å². The number of nitrogens with one attached hydrogen (secondary N) is 1. The lowest BCUT2D eigenvalue weighted by Crippen LogP contribution is -2.32. The van der Waals surface area contributed by atoms with Crippen molar-refractivity contribution < 1.29 is 4.79 Å². The Morgan fingerprint density at radius 3 is 2.95 bits per heavy atom. The summed E-state index contributed by atoms with van der Waals surface area (Å²) in [6.07, 6.45) is 5.74. The third-order valence-electron chi connectivity index (χ3n) is 4.24. The minimum Gasteiger partial charge on any atom is -0.370 e.